The molecule has 2 aromatic rings. The van der Waals surface area contributed by atoms with E-state index in [1.165, 1.54) is 11.1 Å². The van der Waals surface area contributed by atoms with E-state index in [-0.39, 0.29) is 16.9 Å². The van der Waals surface area contributed by atoms with Crippen molar-refractivity contribution in [2.75, 3.05) is 31.1 Å². The molecule has 31 heavy (non-hydrogen) atoms. The highest BCUT2D eigenvalue weighted by Crippen LogP contribution is 2.30. The molecule has 0 unspecified atom stereocenters. The van der Waals surface area contributed by atoms with Gasteiger partial charge in [-0.05, 0) is 51.7 Å². The number of hydrogen-bond donors (Lipinski definition) is 0. The highest BCUT2D eigenvalue weighted by atomic mass is 32.2. The van der Waals surface area contributed by atoms with E-state index >= 15 is 0 Å². The number of benzene rings is 1. The fourth-order valence-electron chi connectivity index (χ4n) is 4.28. The molecule has 1 aliphatic carbocycles. The van der Waals surface area contributed by atoms with Crippen LogP contribution in [0.15, 0.2) is 41.3 Å². The van der Waals surface area contributed by atoms with Crippen molar-refractivity contribution >= 4 is 17.0 Å². The molecule has 1 aromatic heterocycles. The predicted octanol–water partition coefficient (Wildman–Crippen LogP) is 3.14. The zero-order valence-electron chi connectivity index (χ0n) is 18.4. The van der Waals surface area contributed by atoms with Gasteiger partial charge in [-0.15, -0.1) is 4.31 Å². The highest BCUT2D eigenvalue weighted by molar-refractivity contribution is 7.89. The van der Waals surface area contributed by atoms with E-state index in [0.29, 0.717) is 31.9 Å². The minimum Gasteiger partial charge on any atom is -0.598 e. The van der Waals surface area contributed by atoms with Crippen LogP contribution in [0.1, 0.15) is 46.0 Å². The maximum absolute atomic E-state index is 13.5. The average Bonchev–Trinajstić information content (AvgIpc) is 2.81. The van der Waals surface area contributed by atoms with Gasteiger partial charge < -0.3 is 14.2 Å². The Balaban J connectivity index is 1.62. The van der Waals surface area contributed by atoms with Gasteiger partial charge in [0.05, 0.1) is 31.1 Å². The van der Waals surface area contributed by atoms with E-state index in [2.05, 4.69) is 10.00 Å². The van der Waals surface area contributed by atoms with Gasteiger partial charge in [0, 0.05) is 24.5 Å². The van der Waals surface area contributed by atoms with Crippen LogP contribution >= 0.6 is 0 Å². The molecule has 0 radical (unpaired) electrons. The molecule has 1 saturated heterocycles. The first-order valence-corrected chi connectivity index (χ1v) is 12.5. The second-order valence-corrected chi connectivity index (χ2v) is 10.5. The number of aromatic nitrogens is 2. The minimum absolute atomic E-state index is 0.0709. The molecule has 168 valence electrons. The molecule has 1 atom stereocenters. The summed E-state index contributed by atoms with van der Waals surface area (Å²) in [6, 6.07) is 9.46. The molecule has 0 bridgehead atoms. The fraction of sp³-hybridized carbons (Fsp3) is 0.565. The zero-order chi connectivity index (χ0) is 21.8. The summed E-state index contributed by atoms with van der Waals surface area (Å²) in [6.07, 6.45) is 7.28. The van der Waals surface area contributed by atoms with Gasteiger partial charge in [0.25, 0.3) is 0 Å². The SMILES string of the molecule is CC(C)[S@@+]([O-])N1CCN(c2cnn(-c3ccccc3)c(=O)c2OC2CCCCC2)CC1. The zero-order valence-corrected chi connectivity index (χ0v) is 19.2. The van der Waals surface area contributed by atoms with Crippen LogP contribution in [0.5, 0.6) is 5.75 Å². The molecular formula is C23H32N4O3S. The lowest BCUT2D eigenvalue weighted by Gasteiger charge is -2.37. The number of piperazine rings is 1. The van der Waals surface area contributed by atoms with Crippen LogP contribution in [0.25, 0.3) is 5.69 Å². The third-order valence-electron chi connectivity index (χ3n) is 5.99. The Hall–Kier alpha value is -2.03. The van der Waals surface area contributed by atoms with E-state index in [1.54, 1.807) is 6.20 Å². The number of nitrogens with zero attached hydrogens (tertiary/aromatic N) is 4. The average molecular weight is 445 g/mol. The lowest BCUT2D eigenvalue weighted by molar-refractivity contribution is 0.152. The van der Waals surface area contributed by atoms with Crippen LogP contribution in [0.4, 0.5) is 5.69 Å². The van der Waals surface area contributed by atoms with Gasteiger partial charge in [-0.3, -0.25) is 4.79 Å². The molecule has 1 aromatic carbocycles. The van der Waals surface area contributed by atoms with Crippen LogP contribution in [-0.4, -0.2) is 56.2 Å². The summed E-state index contributed by atoms with van der Waals surface area (Å²) in [6.45, 7) is 6.72. The number of para-hydroxylation sites is 1. The van der Waals surface area contributed by atoms with Crippen molar-refractivity contribution in [1.82, 2.24) is 14.1 Å². The normalized spacial score (nSPS) is 19.5. The number of anilines is 1. The van der Waals surface area contributed by atoms with E-state index in [9.17, 15) is 9.35 Å². The second-order valence-electron chi connectivity index (χ2n) is 8.53. The highest BCUT2D eigenvalue weighted by Gasteiger charge is 2.30. The molecule has 8 heteroatoms. The Morgan fingerprint density at radius 2 is 1.74 bits per heavy atom. The topological polar surface area (TPSA) is 73.7 Å². The molecule has 1 aliphatic heterocycles. The first-order valence-electron chi connectivity index (χ1n) is 11.3. The second kappa shape index (κ2) is 10.1. The summed E-state index contributed by atoms with van der Waals surface area (Å²) in [5.74, 6) is 0.393. The Morgan fingerprint density at radius 1 is 1.06 bits per heavy atom. The number of hydrogen-bond acceptors (Lipinski definition) is 6. The molecule has 2 heterocycles. The summed E-state index contributed by atoms with van der Waals surface area (Å²) in [5, 5.41) is 4.57. The third kappa shape index (κ3) is 5.07. The Morgan fingerprint density at radius 3 is 2.39 bits per heavy atom. The van der Waals surface area contributed by atoms with Crippen molar-refractivity contribution in [2.45, 2.75) is 57.3 Å². The maximum atomic E-state index is 13.5. The van der Waals surface area contributed by atoms with Gasteiger partial charge in [0.15, 0.2) is 0 Å². The largest absolute Gasteiger partial charge is 0.598 e. The van der Waals surface area contributed by atoms with Crippen molar-refractivity contribution in [3.8, 4) is 11.4 Å². The van der Waals surface area contributed by atoms with Gasteiger partial charge in [-0.2, -0.15) is 9.78 Å². The predicted molar refractivity (Wildman–Crippen MR) is 124 cm³/mol. The molecule has 0 spiro atoms. The van der Waals surface area contributed by atoms with Gasteiger partial charge in [0.1, 0.15) is 10.9 Å². The van der Waals surface area contributed by atoms with E-state index in [1.807, 2.05) is 48.5 Å². The van der Waals surface area contributed by atoms with Crippen LogP contribution in [0, 0.1) is 0 Å². The van der Waals surface area contributed by atoms with Crippen molar-refractivity contribution in [3.05, 3.63) is 46.9 Å². The smallest absolute Gasteiger partial charge is 0.316 e. The van der Waals surface area contributed by atoms with E-state index < -0.39 is 11.4 Å². The standard InChI is InChI=1S/C23H32N4O3S/c1-18(2)31(29)26-15-13-25(14-16-26)21-17-24-27(19-9-5-3-6-10-19)23(28)22(21)30-20-11-7-4-8-12-20/h3,5-6,9-10,17-18,20H,4,7-8,11-16H2,1-2H3/t31-/m1/s1. The molecule has 2 fully saturated rings. The maximum Gasteiger partial charge on any atom is 0.316 e. The molecule has 2 aliphatic rings. The van der Waals surface area contributed by atoms with E-state index in [4.69, 9.17) is 4.74 Å². The van der Waals surface area contributed by atoms with Crippen LogP contribution < -0.4 is 15.2 Å². The van der Waals surface area contributed by atoms with Gasteiger partial charge >= 0.3 is 5.56 Å². The Bertz CT molecular complexity index is 907. The summed E-state index contributed by atoms with van der Waals surface area (Å²) >= 11 is -0.980. The molecule has 0 amide bonds. The Labute approximate surface area is 187 Å². The first kappa shape index (κ1) is 22.2. The quantitative estimate of drug-likeness (QED) is 0.638. The van der Waals surface area contributed by atoms with Crippen molar-refractivity contribution < 1.29 is 9.29 Å². The molecule has 0 N–H and O–H groups in total. The lowest BCUT2D eigenvalue weighted by atomic mass is 9.98. The summed E-state index contributed by atoms with van der Waals surface area (Å²) < 4.78 is 22.2. The van der Waals surface area contributed by atoms with Crippen molar-refractivity contribution in [2.24, 2.45) is 0 Å². The fourth-order valence-corrected chi connectivity index (χ4v) is 5.39. The molecule has 7 nitrogen and oxygen atoms in total. The summed E-state index contributed by atoms with van der Waals surface area (Å²) in [5.41, 5.74) is 1.25. The van der Waals surface area contributed by atoms with E-state index in [0.717, 1.165) is 37.1 Å². The van der Waals surface area contributed by atoms with Gasteiger partial charge in [-0.25, -0.2) is 0 Å². The van der Waals surface area contributed by atoms with Gasteiger partial charge in [-0.1, -0.05) is 24.6 Å². The van der Waals surface area contributed by atoms with Crippen LogP contribution in [-0.2, 0) is 11.4 Å². The number of ether oxygens (including phenoxy) is 1. The summed E-state index contributed by atoms with van der Waals surface area (Å²) in [7, 11) is 0. The monoisotopic (exact) mass is 444 g/mol. The molecule has 4 rings (SSSR count). The van der Waals surface area contributed by atoms with Crippen molar-refractivity contribution in [1.29, 1.82) is 0 Å². The van der Waals surface area contributed by atoms with Crippen molar-refractivity contribution in [3.63, 3.8) is 0 Å². The van der Waals surface area contributed by atoms with Crippen LogP contribution in [0.3, 0.4) is 0 Å². The third-order valence-corrected chi connectivity index (χ3v) is 7.67. The number of rotatable bonds is 6. The van der Waals surface area contributed by atoms with Crippen LogP contribution in [0.2, 0.25) is 0 Å². The molecular weight excluding hydrogens is 412 g/mol. The molecule has 1 saturated carbocycles. The van der Waals surface area contributed by atoms with Gasteiger partial charge in [0.2, 0.25) is 5.75 Å². The summed E-state index contributed by atoms with van der Waals surface area (Å²) in [4.78, 5) is 15.6. The Kier molecular flexibility index (Phi) is 7.20. The minimum atomic E-state index is -0.980. The lowest BCUT2D eigenvalue weighted by Crippen LogP contribution is -2.50. The first-order chi connectivity index (χ1) is 15.0.